The maximum absolute atomic E-state index is 12.2. The summed E-state index contributed by atoms with van der Waals surface area (Å²) in [5.41, 5.74) is 5.51. The van der Waals surface area contributed by atoms with E-state index in [4.69, 9.17) is 10.9 Å². The molecule has 20 heavy (non-hydrogen) atoms. The highest BCUT2D eigenvalue weighted by Gasteiger charge is 2.56. The first-order chi connectivity index (χ1) is 9.69. The van der Waals surface area contributed by atoms with E-state index in [0.29, 0.717) is 30.3 Å². The molecule has 2 atom stereocenters. The second-order valence-electron chi connectivity index (χ2n) is 6.43. The third-order valence-corrected chi connectivity index (χ3v) is 5.16. The van der Waals surface area contributed by atoms with Crippen LogP contribution < -0.4 is 11.1 Å². The summed E-state index contributed by atoms with van der Waals surface area (Å²) in [4.78, 5) is 14.4. The molecule has 0 aromatic heterocycles. The number of carbonyl (C=O) groups excluding carboxylic acids is 1. The minimum atomic E-state index is 0.248. The molecule has 1 heterocycles. The molecule has 0 aromatic carbocycles. The summed E-state index contributed by atoms with van der Waals surface area (Å²) in [6.07, 6.45) is 5.71. The molecule has 0 bridgehead atoms. The van der Waals surface area contributed by atoms with Gasteiger partial charge in [-0.25, -0.2) is 0 Å². The first kappa shape index (κ1) is 13.7. The van der Waals surface area contributed by atoms with Crippen LogP contribution >= 0.6 is 0 Å². The molecule has 3 rings (SSSR count). The Bertz CT molecular complexity index is 394. The normalized spacial score (nSPS) is 34.8. The molecule has 2 unspecified atom stereocenters. The number of rotatable bonds is 4. The van der Waals surface area contributed by atoms with E-state index in [1.165, 1.54) is 19.3 Å². The van der Waals surface area contributed by atoms with Gasteiger partial charge in [0.05, 0.1) is 6.54 Å². The number of piperidine rings is 1. The lowest BCUT2D eigenvalue weighted by molar-refractivity contribution is -0.124. The molecular weight excluding hydrogens is 256 g/mol. The third kappa shape index (κ3) is 2.75. The van der Waals surface area contributed by atoms with Gasteiger partial charge in [-0.05, 0) is 37.5 Å². The quantitative estimate of drug-likeness (QED) is 0.300. The van der Waals surface area contributed by atoms with Gasteiger partial charge in [0.25, 0.3) is 0 Å². The van der Waals surface area contributed by atoms with E-state index in [1.807, 2.05) is 0 Å². The van der Waals surface area contributed by atoms with Crippen molar-refractivity contribution in [2.45, 2.75) is 38.1 Å². The van der Waals surface area contributed by atoms with Gasteiger partial charge in [0.2, 0.25) is 5.91 Å². The van der Waals surface area contributed by atoms with E-state index in [2.05, 4.69) is 15.4 Å². The van der Waals surface area contributed by atoms with Gasteiger partial charge in [0, 0.05) is 25.0 Å². The van der Waals surface area contributed by atoms with Crippen LogP contribution in [-0.2, 0) is 4.79 Å². The van der Waals surface area contributed by atoms with Crippen LogP contribution in [0.25, 0.3) is 0 Å². The van der Waals surface area contributed by atoms with Crippen molar-refractivity contribution in [3.05, 3.63) is 0 Å². The van der Waals surface area contributed by atoms with Crippen LogP contribution in [0.4, 0.5) is 0 Å². The molecule has 112 valence electrons. The minimum Gasteiger partial charge on any atom is -0.409 e. The predicted octanol–water partition coefficient (Wildman–Crippen LogP) is 0.360. The van der Waals surface area contributed by atoms with Crippen molar-refractivity contribution in [2.75, 3.05) is 19.6 Å². The average molecular weight is 280 g/mol. The van der Waals surface area contributed by atoms with Crippen LogP contribution in [0, 0.1) is 17.8 Å². The van der Waals surface area contributed by atoms with E-state index in [-0.39, 0.29) is 11.7 Å². The number of fused-ring (bicyclic) bond motifs is 1. The van der Waals surface area contributed by atoms with Gasteiger partial charge in [-0.15, -0.1) is 0 Å². The molecule has 2 aliphatic carbocycles. The smallest absolute Gasteiger partial charge is 0.223 e. The Balaban J connectivity index is 1.39. The molecular formula is C14H24N4O2. The monoisotopic (exact) mass is 280 g/mol. The van der Waals surface area contributed by atoms with Crippen molar-refractivity contribution < 1.29 is 10.0 Å². The van der Waals surface area contributed by atoms with Gasteiger partial charge < -0.3 is 16.3 Å². The van der Waals surface area contributed by atoms with Crippen LogP contribution in [0.5, 0.6) is 0 Å². The molecule has 0 aromatic rings. The van der Waals surface area contributed by atoms with Gasteiger partial charge in [-0.1, -0.05) is 11.6 Å². The van der Waals surface area contributed by atoms with Gasteiger partial charge in [-0.2, -0.15) is 0 Å². The highest BCUT2D eigenvalue weighted by molar-refractivity contribution is 5.83. The van der Waals surface area contributed by atoms with E-state index in [1.54, 1.807) is 0 Å². The first-order valence-electron chi connectivity index (χ1n) is 7.68. The second-order valence-corrected chi connectivity index (χ2v) is 6.43. The molecule has 1 aliphatic heterocycles. The summed E-state index contributed by atoms with van der Waals surface area (Å²) in [6.45, 7) is 2.28. The van der Waals surface area contributed by atoms with Crippen LogP contribution in [-0.4, -0.2) is 47.5 Å². The first-order valence-corrected chi connectivity index (χ1v) is 7.68. The summed E-state index contributed by atoms with van der Waals surface area (Å²) in [6, 6.07) is 0.298. The van der Waals surface area contributed by atoms with Crippen LogP contribution in [0.1, 0.15) is 32.1 Å². The molecule has 3 aliphatic rings. The Morgan fingerprint density at radius 2 is 1.90 bits per heavy atom. The lowest BCUT2D eigenvalue weighted by Crippen LogP contribution is -2.47. The summed E-state index contributed by atoms with van der Waals surface area (Å²) >= 11 is 0. The Morgan fingerprint density at radius 1 is 1.25 bits per heavy atom. The Labute approximate surface area is 119 Å². The molecule has 4 N–H and O–H groups in total. The third-order valence-electron chi connectivity index (χ3n) is 5.16. The molecule has 1 saturated heterocycles. The van der Waals surface area contributed by atoms with Crippen LogP contribution in [0.2, 0.25) is 0 Å². The van der Waals surface area contributed by atoms with Crippen molar-refractivity contribution >= 4 is 11.7 Å². The van der Waals surface area contributed by atoms with E-state index >= 15 is 0 Å². The van der Waals surface area contributed by atoms with Gasteiger partial charge in [0.1, 0.15) is 0 Å². The molecule has 6 heteroatoms. The molecule has 1 amide bonds. The zero-order valence-electron chi connectivity index (χ0n) is 11.8. The molecule has 6 nitrogen and oxygen atoms in total. The van der Waals surface area contributed by atoms with Crippen molar-refractivity contribution in [3.8, 4) is 0 Å². The second kappa shape index (κ2) is 5.60. The van der Waals surface area contributed by atoms with Crippen molar-refractivity contribution in [1.29, 1.82) is 0 Å². The zero-order chi connectivity index (χ0) is 14.1. The Morgan fingerprint density at radius 3 is 2.50 bits per heavy atom. The summed E-state index contributed by atoms with van der Waals surface area (Å²) < 4.78 is 0. The lowest BCUT2D eigenvalue weighted by atomic mass is 10.0. The van der Waals surface area contributed by atoms with Crippen molar-refractivity contribution in [3.63, 3.8) is 0 Å². The van der Waals surface area contributed by atoms with E-state index in [9.17, 15) is 4.79 Å². The maximum atomic E-state index is 12.2. The molecule has 2 saturated carbocycles. The largest absolute Gasteiger partial charge is 0.409 e. The molecule has 3 fully saturated rings. The highest BCUT2D eigenvalue weighted by Crippen LogP contribution is 2.57. The van der Waals surface area contributed by atoms with Crippen LogP contribution in [0.3, 0.4) is 0 Å². The predicted molar refractivity (Wildman–Crippen MR) is 75.3 cm³/mol. The number of nitrogens with zero attached hydrogens (tertiary/aromatic N) is 2. The van der Waals surface area contributed by atoms with E-state index in [0.717, 1.165) is 25.9 Å². The van der Waals surface area contributed by atoms with Crippen molar-refractivity contribution in [2.24, 2.45) is 28.6 Å². The number of likely N-dealkylation sites (tertiary alicyclic amines) is 1. The number of amides is 1. The summed E-state index contributed by atoms with van der Waals surface area (Å²) in [5.74, 6) is 2.23. The zero-order valence-corrected chi connectivity index (χ0v) is 11.8. The number of hydrogen-bond donors (Lipinski definition) is 3. The number of amidine groups is 1. The maximum Gasteiger partial charge on any atom is 0.223 e. The van der Waals surface area contributed by atoms with Crippen LogP contribution in [0.15, 0.2) is 5.16 Å². The minimum absolute atomic E-state index is 0.248. The number of carbonyl (C=O) groups is 1. The number of nitrogens with one attached hydrogen (secondary N) is 1. The van der Waals surface area contributed by atoms with E-state index < -0.39 is 0 Å². The SMILES string of the molecule is NC(CN1CCC(NC(=O)C2C3CCCC32)CC1)=NO. The molecule has 0 radical (unpaired) electrons. The summed E-state index contributed by atoms with van der Waals surface area (Å²) in [5, 5.41) is 14.8. The fraction of sp³-hybridized carbons (Fsp3) is 0.857. The van der Waals surface area contributed by atoms with Gasteiger partial charge in [-0.3, -0.25) is 9.69 Å². The average Bonchev–Trinajstić information content (AvgIpc) is 2.94. The van der Waals surface area contributed by atoms with Crippen molar-refractivity contribution in [1.82, 2.24) is 10.2 Å². The fourth-order valence-corrected chi connectivity index (χ4v) is 4.00. The molecule has 0 spiro atoms. The number of oxime groups is 1. The van der Waals surface area contributed by atoms with Gasteiger partial charge >= 0.3 is 0 Å². The highest BCUT2D eigenvalue weighted by atomic mass is 16.4. The summed E-state index contributed by atoms with van der Waals surface area (Å²) in [7, 11) is 0. The topological polar surface area (TPSA) is 91.0 Å². The number of hydrogen-bond acceptors (Lipinski definition) is 4. The fourth-order valence-electron chi connectivity index (χ4n) is 4.00. The Hall–Kier alpha value is -1.30. The standard InChI is InChI=1S/C14H24N4O2/c15-12(17-20)8-18-6-4-9(5-7-18)16-14(19)13-10-2-1-3-11(10)13/h9-11,13,20H,1-8H2,(H2,15,17)(H,16,19). The van der Waals surface area contributed by atoms with Gasteiger partial charge in [0.15, 0.2) is 5.84 Å². The Kier molecular flexibility index (Phi) is 3.83. The number of nitrogens with two attached hydrogens (primary N) is 1. The lowest BCUT2D eigenvalue weighted by Gasteiger charge is -2.32.